The number of methoxy groups -OCH3 is 1. The molecule has 1 aliphatic heterocycles. The Morgan fingerprint density at radius 3 is 2.57 bits per heavy atom. The molecule has 0 N–H and O–H groups in total. The van der Waals surface area contributed by atoms with Crippen LogP contribution in [0.2, 0.25) is 0 Å². The summed E-state index contributed by atoms with van der Waals surface area (Å²) in [4.78, 5) is 14.7. The lowest BCUT2D eigenvalue weighted by Gasteiger charge is -2.22. The van der Waals surface area contributed by atoms with Gasteiger partial charge in [0.2, 0.25) is 0 Å². The Hall–Kier alpha value is -1.07. The maximum absolute atomic E-state index is 12.8. The minimum Gasteiger partial charge on any atom is -0.490 e. The van der Waals surface area contributed by atoms with Gasteiger partial charge in [0.1, 0.15) is 12.4 Å². The minimum atomic E-state index is 0.0608. The highest BCUT2D eigenvalue weighted by molar-refractivity contribution is 9.10. The highest BCUT2D eigenvalue weighted by Crippen LogP contribution is 2.25. The van der Waals surface area contributed by atoms with Crippen molar-refractivity contribution < 1.29 is 14.3 Å². The normalized spacial score (nSPS) is 15.6. The number of hydrogen-bond acceptors (Lipinski definition) is 3. The summed E-state index contributed by atoms with van der Waals surface area (Å²) < 4.78 is 11.6. The van der Waals surface area contributed by atoms with Gasteiger partial charge >= 0.3 is 0 Å². The monoisotopic (exact) mass is 355 g/mol. The molecule has 0 saturated carbocycles. The molecule has 1 aromatic rings. The van der Waals surface area contributed by atoms with Crippen molar-refractivity contribution in [3.63, 3.8) is 0 Å². The first-order chi connectivity index (χ1) is 10.2. The molecule has 0 unspecified atom stereocenters. The zero-order valence-electron chi connectivity index (χ0n) is 12.4. The van der Waals surface area contributed by atoms with Crippen LogP contribution in [0.15, 0.2) is 22.7 Å². The van der Waals surface area contributed by atoms with E-state index in [0.717, 1.165) is 30.4 Å². The number of likely N-dealkylation sites (tertiary alicyclic amines) is 1. The molecular formula is C16H22BrNO3. The molecule has 0 atom stereocenters. The van der Waals surface area contributed by atoms with Crippen LogP contribution in [0.1, 0.15) is 36.0 Å². The highest BCUT2D eigenvalue weighted by atomic mass is 79.9. The summed E-state index contributed by atoms with van der Waals surface area (Å²) in [5.41, 5.74) is 0.627. The lowest BCUT2D eigenvalue weighted by Crippen LogP contribution is -2.32. The Bertz CT molecular complexity index is 471. The third kappa shape index (κ3) is 4.71. The average molecular weight is 356 g/mol. The molecule has 1 saturated heterocycles. The predicted molar refractivity (Wildman–Crippen MR) is 85.9 cm³/mol. The van der Waals surface area contributed by atoms with Gasteiger partial charge in [-0.25, -0.2) is 0 Å². The summed E-state index contributed by atoms with van der Waals surface area (Å²) in [6, 6.07) is 5.57. The van der Waals surface area contributed by atoms with E-state index in [4.69, 9.17) is 9.47 Å². The second-order valence-electron chi connectivity index (χ2n) is 5.19. The van der Waals surface area contributed by atoms with Crippen LogP contribution in [0.5, 0.6) is 5.75 Å². The van der Waals surface area contributed by atoms with Gasteiger partial charge in [-0.3, -0.25) is 4.79 Å². The summed E-state index contributed by atoms with van der Waals surface area (Å²) in [5, 5.41) is 0. The summed E-state index contributed by atoms with van der Waals surface area (Å²) in [5.74, 6) is 0.690. The van der Waals surface area contributed by atoms with E-state index >= 15 is 0 Å². The molecule has 0 radical (unpaired) electrons. The van der Waals surface area contributed by atoms with Crippen LogP contribution < -0.4 is 4.74 Å². The quantitative estimate of drug-likeness (QED) is 0.758. The Kier molecular flexibility index (Phi) is 6.51. The van der Waals surface area contributed by atoms with Crippen molar-refractivity contribution in [2.24, 2.45) is 0 Å². The molecule has 1 aromatic carbocycles. The van der Waals surface area contributed by atoms with Crippen molar-refractivity contribution in [1.82, 2.24) is 4.90 Å². The third-order valence-electron chi connectivity index (χ3n) is 3.61. The average Bonchev–Trinajstić information content (AvgIpc) is 2.77. The van der Waals surface area contributed by atoms with E-state index in [1.807, 2.05) is 23.1 Å². The van der Waals surface area contributed by atoms with Crippen LogP contribution in [0.3, 0.4) is 0 Å². The smallest absolute Gasteiger partial charge is 0.257 e. The SMILES string of the molecule is COCCOc1ccc(Br)cc1C(=O)N1CCCCCC1. The number of ether oxygens (including phenoxy) is 2. The molecular weight excluding hydrogens is 334 g/mol. The lowest BCUT2D eigenvalue weighted by molar-refractivity contribution is 0.0754. The minimum absolute atomic E-state index is 0.0608. The standard InChI is InChI=1S/C16H22BrNO3/c1-20-10-11-21-15-7-6-13(17)12-14(15)16(19)18-8-4-2-3-5-9-18/h6-7,12H,2-5,8-11H2,1H3. The number of hydrogen-bond donors (Lipinski definition) is 0. The van der Waals surface area contributed by atoms with Crippen molar-refractivity contribution in [3.8, 4) is 5.75 Å². The van der Waals surface area contributed by atoms with Crippen LogP contribution in [-0.2, 0) is 4.74 Å². The molecule has 116 valence electrons. The molecule has 0 bridgehead atoms. The molecule has 0 aliphatic carbocycles. The second kappa shape index (κ2) is 8.39. The first kappa shape index (κ1) is 16.3. The number of halogens is 1. The van der Waals surface area contributed by atoms with Gasteiger partial charge in [-0.2, -0.15) is 0 Å². The topological polar surface area (TPSA) is 38.8 Å². The molecule has 1 aliphatic rings. The number of carbonyl (C=O) groups excluding carboxylic acids is 1. The fraction of sp³-hybridized carbons (Fsp3) is 0.562. The molecule has 5 heteroatoms. The van der Waals surface area contributed by atoms with Crippen LogP contribution in [-0.4, -0.2) is 44.2 Å². The van der Waals surface area contributed by atoms with E-state index in [9.17, 15) is 4.79 Å². The van der Waals surface area contributed by atoms with Crippen LogP contribution >= 0.6 is 15.9 Å². The van der Waals surface area contributed by atoms with Crippen molar-refractivity contribution in [2.75, 3.05) is 33.4 Å². The van der Waals surface area contributed by atoms with E-state index in [1.165, 1.54) is 12.8 Å². The van der Waals surface area contributed by atoms with Crippen molar-refractivity contribution in [3.05, 3.63) is 28.2 Å². The summed E-state index contributed by atoms with van der Waals surface area (Å²) in [6.45, 7) is 2.62. The molecule has 1 fully saturated rings. The number of rotatable bonds is 5. The molecule has 0 spiro atoms. The van der Waals surface area contributed by atoms with Crippen LogP contribution in [0.4, 0.5) is 0 Å². The van der Waals surface area contributed by atoms with Gasteiger partial charge in [0.05, 0.1) is 12.2 Å². The third-order valence-corrected chi connectivity index (χ3v) is 4.10. The number of amides is 1. The molecule has 1 amide bonds. The maximum Gasteiger partial charge on any atom is 0.257 e. The fourth-order valence-electron chi connectivity index (χ4n) is 2.47. The summed E-state index contributed by atoms with van der Waals surface area (Å²) in [6.07, 6.45) is 4.58. The van der Waals surface area contributed by atoms with Gasteiger partial charge in [-0.05, 0) is 31.0 Å². The van der Waals surface area contributed by atoms with Crippen molar-refractivity contribution >= 4 is 21.8 Å². The van der Waals surface area contributed by atoms with Gasteiger partial charge < -0.3 is 14.4 Å². The number of nitrogens with zero attached hydrogens (tertiary/aromatic N) is 1. The Morgan fingerprint density at radius 2 is 1.90 bits per heavy atom. The van der Waals surface area contributed by atoms with Gasteiger partial charge in [0, 0.05) is 24.7 Å². The fourth-order valence-corrected chi connectivity index (χ4v) is 2.84. The Balaban J connectivity index is 2.15. The predicted octanol–water partition coefficient (Wildman–Crippen LogP) is 3.49. The summed E-state index contributed by atoms with van der Waals surface area (Å²) in [7, 11) is 1.63. The van der Waals surface area contributed by atoms with Crippen molar-refractivity contribution in [1.29, 1.82) is 0 Å². The van der Waals surface area contributed by atoms with E-state index in [-0.39, 0.29) is 5.91 Å². The van der Waals surface area contributed by atoms with Gasteiger partial charge in [-0.1, -0.05) is 28.8 Å². The highest BCUT2D eigenvalue weighted by Gasteiger charge is 2.21. The number of benzene rings is 1. The van der Waals surface area contributed by atoms with Crippen LogP contribution in [0, 0.1) is 0 Å². The first-order valence-corrected chi connectivity index (χ1v) is 8.22. The zero-order valence-corrected chi connectivity index (χ0v) is 14.0. The van der Waals surface area contributed by atoms with E-state index < -0.39 is 0 Å². The molecule has 1 heterocycles. The zero-order chi connectivity index (χ0) is 15.1. The second-order valence-corrected chi connectivity index (χ2v) is 6.10. The Morgan fingerprint density at radius 1 is 1.19 bits per heavy atom. The van der Waals surface area contributed by atoms with E-state index in [0.29, 0.717) is 24.5 Å². The van der Waals surface area contributed by atoms with E-state index in [1.54, 1.807) is 7.11 Å². The molecule has 21 heavy (non-hydrogen) atoms. The molecule has 0 aromatic heterocycles. The number of carbonyl (C=O) groups is 1. The lowest BCUT2D eigenvalue weighted by atomic mass is 10.1. The largest absolute Gasteiger partial charge is 0.490 e. The van der Waals surface area contributed by atoms with Gasteiger partial charge in [0.15, 0.2) is 0 Å². The molecule has 2 rings (SSSR count). The van der Waals surface area contributed by atoms with Crippen molar-refractivity contribution in [2.45, 2.75) is 25.7 Å². The van der Waals surface area contributed by atoms with E-state index in [2.05, 4.69) is 15.9 Å². The van der Waals surface area contributed by atoms with Crippen LogP contribution in [0.25, 0.3) is 0 Å². The first-order valence-electron chi connectivity index (χ1n) is 7.43. The maximum atomic E-state index is 12.8. The van der Waals surface area contributed by atoms with Gasteiger partial charge in [-0.15, -0.1) is 0 Å². The molecule has 4 nitrogen and oxygen atoms in total. The summed E-state index contributed by atoms with van der Waals surface area (Å²) >= 11 is 3.43. The van der Waals surface area contributed by atoms with Gasteiger partial charge in [0.25, 0.3) is 5.91 Å². The Labute approximate surface area is 134 Å².